The van der Waals surface area contributed by atoms with Crippen molar-refractivity contribution in [3.05, 3.63) is 46.1 Å². The third-order valence-electron chi connectivity index (χ3n) is 4.66. The normalized spacial score (nSPS) is 22.1. The lowest BCUT2D eigenvalue weighted by Gasteiger charge is -2.37. The van der Waals surface area contributed by atoms with Crippen molar-refractivity contribution in [2.24, 2.45) is 0 Å². The first kappa shape index (κ1) is 17.7. The fraction of sp³-hybridized carbons (Fsp3) is 0.529. The monoisotopic (exact) mass is 388 g/mol. The lowest BCUT2D eigenvalue weighted by Crippen LogP contribution is -2.40. The molecule has 0 saturated carbocycles. The number of alkyl halides is 2. The Morgan fingerprint density at radius 3 is 2.23 bits per heavy atom. The summed E-state index contributed by atoms with van der Waals surface area (Å²) in [4.78, 5) is 0. The Balaban J connectivity index is 2.36. The molecule has 0 radical (unpaired) electrons. The minimum atomic E-state index is -2.82. The van der Waals surface area contributed by atoms with E-state index in [-0.39, 0.29) is 11.5 Å². The summed E-state index contributed by atoms with van der Waals surface area (Å²) >= 11 is 3.40. The number of rotatable bonds is 3. The second-order valence-corrected chi connectivity index (χ2v) is 13.0. The zero-order valence-corrected chi connectivity index (χ0v) is 16.3. The van der Waals surface area contributed by atoms with E-state index in [1.54, 1.807) is 24.3 Å². The van der Waals surface area contributed by atoms with E-state index in [0.29, 0.717) is 15.8 Å². The minimum absolute atomic E-state index is 0.0204. The van der Waals surface area contributed by atoms with Gasteiger partial charge in [-0.25, -0.2) is 8.78 Å². The zero-order chi connectivity index (χ0) is 16.8. The average Bonchev–Trinajstić information content (AvgIpc) is 2.58. The van der Waals surface area contributed by atoms with E-state index in [9.17, 15) is 8.78 Å². The van der Waals surface area contributed by atoms with Gasteiger partial charge in [-0.15, -0.1) is 0 Å². The van der Waals surface area contributed by atoms with Gasteiger partial charge in [0, 0.05) is 4.48 Å². The molecule has 1 nitrogen and oxygen atoms in total. The highest BCUT2D eigenvalue weighted by Crippen LogP contribution is 2.54. The van der Waals surface area contributed by atoms with Crippen molar-refractivity contribution in [1.82, 2.24) is 0 Å². The van der Waals surface area contributed by atoms with E-state index in [0.717, 1.165) is 0 Å². The van der Waals surface area contributed by atoms with E-state index in [1.165, 1.54) is 0 Å². The maximum atomic E-state index is 14.5. The van der Waals surface area contributed by atoms with Gasteiger partial charge in [0.05, 0.1) is 18.1 Å². The molecule has 0 spiro atoms. The maximum absolute atomic E-state index is 14.5. The molecule has 0 aliphatic heterocycles. The highest BCUT2D eigenvalue weighted by atomic mass is 79.9. The van der Waals surface area contributed by atoms with Crippen LogP contribution in [0.5, 0.6) is 0 Å². The van der Waals surface area contributed by atoms with Crippen LogP contribution in [0, 0.1) is 0 Å². The third kappa shape index (κ3) is 3.30. The molecule has 1 aromatic carbocycles. The van der Waals surface area contributed by atoms with Crippen molar-refractivity contribution in [3.63, 3.8) is 0 Å². The van der Waals surface area contributed by atoms with Gasteiger partial charge in [-0.05, 0) is 23.7 Å². The van der Waals surface area contributed by atoms with Gasteiger partial charge < -0.3 is 4.43 Å². The standard InChI is InChI=1S/C17H23BrF2OSi/c1-16(2,3)22(4,5)21-13-11-17(19,20)14(15(13)18)12-9-7-6-8-10-12/h6-10,14H,11H2,1-5H3. The fourth-order valence-corrected chi connectivity index (χ4v) is 4.40. The molecule has 1 unspecified atom stereocenters. The molecule has 0 aromatic heterocycles. The van der Waals surface area contributed by atoms with Crippen molar-refractivity contribution < 1.29 is 13.2 Å². The maximum Gasteiger partial charge on any atom is 0.266 e. The fourth-order valence-electron chi connectivity index (χ4n) is 2.33. The smallest absolute Gasteiger partial charge is 0.266 e. The lowest BCUT2D eigenvalue weighted by atomic mass is 9.96. The predicted octanol–water partition coefficient (Wildman–Crippen LogP) is 6.44. The predicted molar refractivity (Wildman–Crippen MR) is 93.0 cm³/mol. The van der Waals surface area contributed by atoms with Gasteiger partial charge in [-0.1, -0.05) is 67.0 Å². The molecular formula is C17H23BrF2OSi. The SMILES string of the molecule is CC(C)(C)[Si](C)(C)OC1=C(Br)C(c2ccccc2)C(F)(F)C1. The van der Waals surface area contributed by atoms with E-state index < -0.39 is 20.2 Å². The summed E-state index contributed by atoms with van der Waals surface area (Å²) in [5.74, 6) is -3.35. The van der Waals surface area contributed by atoms with E-state index in [1.807, 2.05) is 6.07 Å². The molecule has 1 atom stereocenters. The third-order valence-corrected chi connectivity index (χ3v) is 9.93. The number of halogens is 3. The molecule has 2 rings (SSSR count). The van der Waals surface area contributed by atoms with E-state index in [4.69, 9.17) is 4.43 Å². The van der Waals surface area contributed by atoms with Crippen LogP contribution in [-0.2, 0) is 4.43 Å². The Morgan fingerprint density at radius 2 is 1.73 bits per heavy atom. The Labute approximate surface area is 141 Å². The quantitative estimate of drug-likeness (QED) is 0.541. The highest BCUT2D eigenvalue weighted by Gasteiger charge is 2.52. The van der Waals surface area contributed by atoms with Crippen LogP contribution < -0.4 is 0 Å². The van der Waals surface area contributed by atoms with Crippen molar-refractivity contribution in [3.8, 4) is 0 Å². The van der Waals surface area contributed by atoms with Crippen molar-refractivity contribution in [2.45, 2.75) is 57.2 Å². The topological polar surface area (TPSA) is 9.23 Å². The molecule has 1 aliphatic carbocycles. The van der Waals surface area contributed by atoms with Gasteiger partial charge in [0.15, 0.2) is 0 Å². The van der Waals surface area contributed by atoms with Crippen LogP contribution in [0.15, 0.2) is 40.6 Å². The molecule has 122 valence electrons. The molecule has 1 aliphatic rings. The number of hydrogen-bond acceptors (Lipinski definition) is 1. The van der Waals surface area contributed by atoms with Gasteiger partial charge in [0.2, 0.25) is 8.32 Å². The molecule has 22 heavy (non-hydrogen) atoms. The largest absolute Gasteiger partial charge is 0.546 e. The summed E-state index contributed by atoms with van der Waals surface area (Å²) in [7, 11) is -2.13. The van der Waals surface area contributed by atoms with Crippen LogP contribution in [0.2, 0.25) is 18.1 Å². The Hall–Kier alpha value is -0.683. The number of allylic oxidation sites excluding steroid dienone is 2. The van der Waals surface area contributed by atoms with Gasteiger partial charge in [-0.3, -0.25) is 0 Å². The van der Waals surface area contributed by atoms with Crippen LogP contribution >= 0.6 is 15.9 Å². The van der Waals surface area contributed by atoms with Gasteiger partial charge in [-0.2, -0.15) is 0 Å². The summed E-state index contributed by atoms with van der Waals surface area (Å²) in [5.41, 5.74) is 0.619. The molecule has 1 aromatic rings. The molecule has 5 heteroatoms. The summed E-state index contributed by atoms with van der Waals surface area (Å²) in [6, 6.07) is 8.90. The first-order valence-corrected chi connectivity index (χ1v) is 11.2. The molecule has 0 heterocycles. The number of hydrogen-bond donors (Lipinski definition) is 0. The zero-order valence-electron chi connectivity index (χ0n) is 13.7. The molecule has 0 bridgehead atoms. The van der Waals surface area contributed by atoms with Crippen LogP contribution in [0.25, 0.3) is 0 Å². The minimum Gasteiger partial charge on any atom is -0.546 e. The van der Waals surface area contributed by atoms with Gasteiger partial charge in [0.1, 0.15) is 0 Å². The molecule has 0 N–H and O–H groups in total. The van der Waals surface area contributed by atoms with Crippen molar-refractivity contribution in [1.29, 1.82) is 0 Å². The van der Waals surface area contributed by atoms with E-state index in [2.05, 4.69) is 49.8 Å². The van der Waals surface area contributed by atoms with Crippen LogP contribution in [-0.4, -0.2) is 14.2 Å². The summed E-state index contributed by atoms with van der Waals surface area (Å²) in [6.45, 7) is 10.5. The van der Waals surface area contributed by atoms with Crippen LogP contribution in [0.4, 0.5) is 8.78 Å². The summed E-state index contributed by atoms with van der Waals surface area (Å²) in [6.07, 6.45) is -0.334. The molecule has 0 saturated heterocycles. The van der Waals surface area contributed by atoms with Gasteiger partial charge in [0.25, 0.3) is 5.92 Å². The molecule has 0 amide bonds. The first-order chi connectivity index (χ1) is 9.96. The second kappa shape index (κ2) is 5.75. The van der Waals surface area contributed by atoms with Crippen molar-refractivity contribution in [2.75, 3.05) is 0 Å². The average molecular weight is 389 g/mol. The summed E-state index contributed by atoms with van der Waals surface area (Å²) in [5, 5.41) is -0.0204. The molecule has 0 fully saturated rings. The van der Waals surface area contributed by atoms with Crippen LogP contribution in [0.3, 0.4) is 0 Å². The Bertz CT molecular complexity index is 576. The van der Waals surface area contributed by atoms with Gasteiger partial charge >= 0.3 is 0 Å². The number of benzene rings is 1. The highest BCUT2D eigenvalue weighted by molar-refractivity contribution is 9.11. The van der Waals surface area contributed by atoms with E-state index >= 15 is 0 Å². The Morgan fingerprint density at radius 1 is 1.18 bits per heavy atom. The molecular weight excluding hydrogens is 366 g/mol. The Kier molecular flexibility index (Phi) is 4.62. The van der Waals surface area contributed by atoms with Crippen LogP contribution in [0.1, 0.15) is 38.7 Å². The summed E-state index contributed by atoms with van der Waals surface area (Å²) < 4.78 is 35.7. The first-order valence-electron chi connectivity index (χ1n) is 7.46. The van der Waals surface area contributed by atoms with Crippen molar-refractivity contribution >= 4 is 24.2 Å². The second-order valence-electron chi connectivity index (χ2n) is 7.41. The lowest BCUT2D eigenvalue weighted by molar-refractivity contribution is -0.00824.